The molecule has 2 unspecified atom stereocenters. The van der Waals surface area contributed by atoms with Crippen molar-refractivity contribution in [3.05, 3.63) is 0 Å². The van der Waals surface area contributed by atoms with Crippen LogP contribution < -0.4 is 11.1 Å². The standard InChI is InChI=1S/C14H26N4O2/c1-2-4-12(15)14(20)17-7-3-5-11(10-17)18-8-6-16-9-13(18)19/h11-12,16H,2-10,15H2,1H3. The van der Waals surface area contributed by atoms with Gasteiger partial charge in [0.25, 0.3) is 0 Å². The smallest absolute Gasteiger partial charge is 0.239 e. The van der Waals surface area contributed by atoms with Crippen LogP contribution in [0.5, 0.6) is 0 Å². The van der Waals surface area contributed by atoms with E-state index < -0.39 is 6.04 Å². The average molecular weight is 282 g/mol. The van der Waals surface area contributed by atoms with Gasteiger partial charge in [-0.25, -0.2) is 0 Å². The molecule has 3 N–H and O–H groups in total. The van der Waals surface area contributed by atoms with Gasteiger partial charge in [0.1, 0.15) is 0 Å². The fourth-order valence-electron chi connectivity index (χ4n) is 3.09. The first kappa shape index (κ1) is 15.3. The van der Waals surface area contributed by atoms with Crippen molar-refractivity contribution in [3.63, 3.8) is 0 Å². The minimum absolute atomic E-state index is 0.0409. The van der Waals surface area contributed by atoms with Crippen molar-refractivity contribution < 1.29 is 9.59 Å². The van der Waals surface area contributed by atoms with Crippen molar-refractivity contribution in [3.8, 4) is 0 Å². The lowest BCUT2D eigenvalue weighted by molar-refractivity contribution is -0.141. The van der Waals surface area contributed by atoms with Gasteiger partial charge in [-0.1, -0.05) is 13.3 Å². The number of likely N-dealkylation sites (tertiary alicyclic amines) is 1. The van der Waals surface area contributed by atoms with Crippen LogP contribution in [-0.2, 0) is 9.59 Å². The van der Waals surface area contributed by atoms with Crippen LogP contribution in [0.1, 0.15) is 32.6 Å². The fourth-order valence-corrected chi connectivity index (χ4v) is 3.09. The molecular formula is C14H26N4O2. The Morgan fingerprint density at radius 1 is 1.50 bits per heavy atom. The zero-order chi connectivity index (χ0) is 14.5. The summed E-state index contributed by atoms with van der Waals surface area (Å²) in [6, 6.07) is -0.228. The highest BCUT2D eigenvalue weighted by Gasteiger charge is 2.32. The third kappa shape index (κ3) is 3.49. The quantitative estimate of drug-likeness (QED) is 0.731. The van der Waals surface area contributed by atoms with E-state index in [2.05, 4.69) is 5.32 Å². The molecule has 2 aliphatic heterocycles. The van der Waals surface area contributed by atoms with Gasteiger partial charge in [0.15, 0.2) is 0 Å². The number of rotatable bonds is 4. The molecule has 2 saturated heterocycles. The lowest BCUT2D eigenvalue weighted by Crippen LogP contribution is -2.58. The largest absolute Gasteiger partial charge is 0.339 e. The number of nitrogens with zero attached hydrogens (tertiary/aromatic N) is 2. The number of carbonyl (C=O) groups is 2. The molecule has 2 atom stereocenters. The molecule has 0 aromatic rings. The Labute approximate surface area is 120 Å². The van der Waals surface area contributed by atoms with Gasteiger partial charge in [-0.05, 0) is 19.3 Å². The zero-order valence-corrected chi connectivity index (χ0v) is 12.3. The molecule has 0 bridgehead atoms. The fraction of sp³-hybridized carbons (Fsp3) is 0.857. The molecule has 2 heterocycles. The summed E-state index contributed by atoms with van der Waals surface area (Å²) in [7, 11) is 0. The second-order valence-corrected chi connectivity index (χ2v) is 5.74. The second-order valence-electron chi connectivity index (χ2n) is 5.74. The Hall–Kier alpha value is -1.14. The van der Waals surface area contributed by atoms with Gasteiger partial charge >= 0.3 is 0 Å². The van der Waals surface area contributed by atoms with Crippen LogP contribution in [0.15, 0.2) is 0 Å². The van der Waals surface area contributed by atoms with Gasteiger partial charge in [0, 0.05) is 32.2 Å². The van der Waals surface area contributed by atoms with Crippen LogP contribution in [0.3, 0.4) is 0 Å². The summed E-state index contributed by atoms with van der Waals surface area (Å²) >= 11 is 0. The summed E-state index contributed by atoms with van der Waals surface area (Å²) in [4.78, 5) is 28.0. The number of piperazine rings is 1. The first-order valence-electron chi connectivity index (χ1n) is 7.68. The van der Waals surface area contributed by atoms with Gasteiger partial charge < -0.3 is 20.9 Å². The third-order valence-electron chi connectivity index (χ3n) is 4.19. The molecule has 114 valence electrons. The molecule has 2 amide bonds. The lowest BCUT2D eigenvalue weighted by Gasteiger charge is -2.41. The molecule has 6 heteroatoms. The molecule has 6 nitrogen and oxygen atoms in total. The van der Waals surface area contributed by atoms with Crippen LogP contribution in [0.25, 0.3) is 0 Å². The number of hydrogen-bond donors (Lipinski definition) is 2. The van der Waals surface area contributed by atoms with E-state index in [0.717, 1.165) is 45.3 Å². The van der Waals surface area contributed by atoms with E-state index in [4.69, 9.17) is 5.73 Å². The summed E-state index contributed by atoms with van der Waals surface area (Å²) in [5, 5.41) is 3.08. The van der Waals surface area contributed by atoms with Crippen molar-refractivity contribution >= 4 is 11.8 Å². The molecule has 0 spiro atoms. The van der Waals surface area contributed by atoms with E-state index in [1.807, 2.05) is 16.7 Å². The van der Waals surface area contributed by atoms with Crippen molar-refractivity contribution in [1.82, 2.24) is 15.1 Å². The van der Waals surface area contributed by atoms with Crippen LogP contribution in [-0.4, -0.2) is 66.4 Å². The summed E-state index contributed by atoms with van der Waals surface area (Å²) in [6.07, 6.45) is 3.58. The Bertz CT molecular complexity index is 361. The predicted molar refractivity (Wildman–Crippen MR) is 77.1 cm³/mol. The van der Waals surface area contributed by atoms with E-state index in [1.165, 1.54) is 0 Å². The highest BCUT2D eigenvalue weighted by Crippen LogP contribution is 2.18. The van der Waals surface area contributed by atoms with Gasteiger partial charge in [-0.15, -0.1) is 0 Å². The van der Waals surface area contributed by atoms with E-state index in [9.17, 15) is 9.59 Å². The summed E-state index contributed by atoms with van der Waals surface area (Å²) in [6.45, 7) is 5.44. The molecule has 0 radical (unpaired) electrons. The van der Waals surface area contributed by atoms with Gasteiger partial charge in [-0.3, -0.25) is 9.59 Å². The molecule has 0 aromatic heterocycles. The topological polar surface area (TPSA) is 78.7 Å². The Morgan fingerprint density at radius 2 is 2.30 bits per heavy atom. The molecule has 0 aromatic carbocycles. The van der Waals surface area contributed by atoms with E-state index in [1.54, 1.807) is 0 Å². The maximum Gasteiger partial charge on any atom is 0.239 e. The average Bonchev–Trinajstić information content (AvgIpc) is 2.47. The Balaban J connectivity index is 1.94. The van der Waals surface area contributed by atoms with Crippen molar-refractivity contribution in [2.45, 2.75) is 44.7 Å². The van der Waals surface area contributed by atoms with Gasteiger partial charge in [-0.2, -0.15) is 0 Å². The molecule has 2 aliphatic rings. The third-order valence-corrected chi connectivity index (χ3v) is 4.19. The number of nitrogens with two attached hydrogens (primary N) is 1. The first-order valence-corrected chi connectivity index (χ1v) is 7.68. The van der Waals surface area contributed by atoms with Crippen LogP contribution in [0.2, 0.25) is 0 Å². The van der Waals surface area contributed by atoms with Crippen molar-refractivity contribution in [1.29, 1.82) is 0 Å². The van der Waals surface area contributed by atoms with Crippen LogP contribution >= 0.6 is 0 Å². The minimum Gasteiger partial charge on any atom is -0.339 e. The lowest BCUT2D eigenvalue weighted by atomic mass is 10.0. The highest BCUT2D eigenvalue weighted by molar-refractivity contribution is 5.82. The van der Waals surface area contributed by atoms with Crippen LogP contribution in [0.4, 0.5) is 0 Å². The minimum atomic E-state index is -0.391. The Kier molecular flexibility index (Phi) is 5.37. The first-order chi connectivity index (χ1) is 9.63. The van der Waals surface area contributed by atoms with Gasteiger partial charge in [0.05, 0.1) is 12.6 Å². The van der Waals surface area contributed by atoms with Crippen LogP contribution in [0, 0.1) is 0 Å². The second kappa shape index (κ2) is 7.04. The van der Waals surface area contributed by atoms with Crippen molar-refractivity contribution in [2.75, 3.05) is 32.7 Å². The number of piperidine rings is 1. The van der Waals surface area contributed by atoms with E-state index in [-0.39, 0.29) is 17.9 Å². The Morgan fingerprint density at radius 3 is 3.00 bits per heavy atom. The molecule has 2 rings (SSSR count). The molecule has 20 heavy (non-hydrogen) atoms. The molecule has 0 saturated carbocycles. The number of nitrogens with one attached hydrogen (secondary N) is 1. The molecule has 2 fully saturated rings. The summed E-state index contributed by atoms with van der Waals surface area (Å²) < 4.78 is 0. The highest BCUT2D eigenvalue weighted by atomic mass is 16.2. The number of amides is 2. The number of hydrogen-bond acceptors (Lipinski definition) is 4. The maximum absolute atomic E-state index is 12.3. The monoisotopic (exact) mass is 282 g/mol. The van der Waals surface area contributed by atoms with Crippen molar-refractivity contribution in [2.24, 2.45) is 5.73 Å². The summed E-state index contributed by atoms with van der Waals surface area (Å²) in [5.74, 6) is 0.188. The predicted octanol–water partition coefficient (Wildman–Crippen LogP) is -0.463. The summed E-state index contributed by atoms with van der Waals surface area (Å²) in [5.41, 5.74) is 5.93. The SMILES string of the molecule is CCCC(N)C(=O)N1CCCC(N2CCNCC2=O)C1. The van der Waals surface area contributed by atoms with E-state index >= 15 is 0 Å². The molecule has 0 aliphatic carbocycles. The number of carbonyl (C=O) groups excluding carboxylic acids is 2. The van der Waals surface area contributed by atoms with E-state index in [0.29, 0.717) is 13.1 Å². The normalized spacial score (nSPS) is 25.7. The van der Waals surface area contributed by atoms with Gasteiger partial charge in [0.2, 0.25) is 11.8 Å². The maximum atomic E-state index is 12.3. The zero-order valence-electron chi connectivity index (χ0n) is 12.3. The molecular weight excluding hydrogens is 256 g/mol.